The minimum atomic E-state index is 0.136. The van der Waals surface area contributed by atoms with Crippen LogP contribution in [-0.2, 0) is 4.79 Å². The van der Waals surface area contributed by atoms with E-state index in [-0.39, 0.29) is 5.91 Å². The van der Waals surface area contributed by atoms with Gasteiger partial charge in [0, 0.05) is 19.7 Å². The molecule has 72 valence electrons. The van der Waals surface area contributed by atoms with Gasteiger partial charge in [-0.15, -0.1) is 11.8 Å². The molecule has 0 atom stereocenters. The molecule has 0 radical (unpaired) electrons. The van der Waals surface area contributed by atoms with Gasteiger partial charge in [0.15, 0.2) is 0 Å². The third-order valence-corrected chi connectivity index (χ3v) is 2.92. The summed E-state index contributed by atoms with van der Waals surface area (Å²) in [7, 11) is 3.58. The average Bonchev–Trinajstić information content (AvgIpc) is 2.17. The Balaban J connectivity index is 2.70. The lowest BCUT2D eigenvalue weighted by Crippen LogP contribution is -2.24. The van der Waals surface area contributed by atoms with Gasteiger partial charge >= 0.3 is 0 Å². The lowest BCUT2D eigenvalue weighted by atomic mass is 10.0. The van der Waals surface area contributed by atoms with E-state index in [1.54, 1.807) is 30.8 Å². The first-order valence-electron chi connectivity index (χ1n) is 4.30. The maximum absolute atomic E-state index is 11.5. The summed E-state index contributed by atoms with van der Waals surface area (Å²) >= 11 is 1.76. The van der Waals surface area contributed by atoms with Crippen LogP contribution >= 0.6 is 11.8 Å². The van der Waals surface area contributed by atoms with E-state index in [1.165, 1.54) is 4.91 Å². The highest BCUT2D eigenvalue weighted by Gasteiger charge is 2.14. The summed E-state index contributed by atoms with van der Waals surface area (Å²) in [6.07, 6.45) is 7.94. The fourth-order valence-corrected chi connectivity index (χ4v) is 1.76. The fraction of sp³-hybridized carbons (Fsp3) is 0.500. The number of nitrogens with zero attached hydrogens (tertiary/aromatic N) is 1. The number of likely N-dealkylation sites (N-methyl/N-ethyl adjacent to an activating group) is 1. The van der Waals surface area contributed by atoms with Crippen molar-refractivity contribution in [3.05, 3.63) is 22.6 Å². The molecule has 2 nitrogen and oxygen atoms in total. The molecule has 13 heavy (non-hydrogen) atoms. The first-order chi connectivity index (χ1) is 6.15. The van der Waals surface area contributed by atoms with Gasteiger partial charge in [-0.05, 0) is 24.0 Å². The largest absolute Gasteiger partial charge is 0.345 e. The Labute approximate surface area is 83.7 Å². The predicted molar refractivity (Wildman–Crippen MR) is 57.6 cm³/mol. The summed E-state index contributed by atoms with van der Waals surface area (Å²) in [6.45, 7) is 0. The Hall–Kier alpha value is -0.700. The molecule has 1 aliphatic carbocycles. The van der Waals surface area contributed by atoms with Gasteiger partial charge in [-0.2, -0.15) is 0 Å². The van der Waals surface area contributed by atoms with Gasteiger partial charge in [-0.3, -0.25) is 4.79 Å². The van der Waals surface area contributed by atoms with Crippen LogP contribution in [0.25, 0.3) is 0 Å². The summed E-state index contributed by atoms with van der Waals surface area (Å²) in [5.41, 5.74) is 0.919. The number of hydrogen-bond donors (Lipinski definition) is 0. The zero-order chi connectivity index (χ0) is 9.84. The van der Waals surface area contributed by atoms with Gasteiger partial charge in [0.1, 0.15) is 0 Å². The maximum Gasteiger partial charge on any atom is 0.249 e. The molecule has 0 aliphatic heterocycles. The van der Waals surface area contributed by atoms with Gasteiger partial charge in [0.05, 0.1) is 0 Å². The van der Waals surface area contributed by atoms with Crippen LogP contribution in [0.1, 0.15) is 12.8 Å². The minimum absolute atomic E-state index is 0.136. The summed E-state index contributed by atoms with van der Waals surface area (Å²) in [5.74, 6) is 0.136. The molecule has 0 unspecified atom stereocenters. The second-order valence-corrected chi connectivity index (χ2v) is 4.16. The molecular formula is C10H15NOS. The third-order valence-electron chi connectivity index (χ3n) is 2.05. The van der Waals surface area contributed by atoms with Crippen LogP contribution in [-0.4, -0.2) is 31.2 Å². The highest BCUT2D eigenvalue weighted by atomic mass is 32.2. The highest BCUT2D eigenvalue weighted by Crippen LogP contribution is 2.25. The topological polar surface area (TPSA) is 20.3 Å². The summed E-state index contributed by atoms with van der Waals surface area (Å²) < 4.78 is 0. The number of allylic oxidation sites excluding steroid dienone is 3. The molecule has 1 aliphatic rings. The Kier molecular flexibility index (Phi) is 3.60. The Bertz CT molecular complexity index is 266. The lowest BCUT2D eigenvalue weighted by molar-refractivity contribution is -0.124. The first kappa shape index (κ1) is 10.4. The van der Waals surface area contributed by atoms with E-state index in [0.29, 0.717) is 0 Å². The predicted octanol–water partition coefficient (Wildman–Crippen LogP) is 2.04. The maximum atomic E-state index is 11.5. The smallest absolute Gasteiger partial charge is 0.249 e. The molecule has 3 heteroatoms. The van der Waals surface area contributed by atoms with Gasteiger partial charge < -0.3 is 4.90 Å². The molecule has 1 amide bonds. The van der Waals surface area contributed by atoms with Crippen LogP contribution in [0.3, 0.4) is 0 Å². The SMILES string of the molecule is CSC1=CC=C(C(=O)N(C)C)CC1. The Morgan fingerprint density at radius 3 is 2.46 bits per heavy atom. The Morgan fingerprint density at radius 1 is 1.38 bits per heavy atom. The second-order valence-electron chi connectivity index (χ2n) is 3.23. The first-order valence-corrected chi connectivity index (χ1v) is 5.53. The van der Waals surface area contributed by atoms with Gasteiger partial charge in [-0.1, -0.05) is 12.2 Å². The molecule has 0 saturated heterocycles. The van der Waals surface area contributed by atoms with Crippen molar-refractivity contribution in [1.82, 2.24) is 4.90 Å². The second kappa shape index (κ2) is 4.51. The molecule has 0 heterocycles. The minimum Gasteiger partial charge on any atom is -0.345 e. The summed E-state index contributed by atoms with van der Waals surface area (Å²) in [4.78, 5) is 14.5. The van der Waals surface area contributed by atoms with Crippen molar-refractivity contribution in [2.45, 2.75) is 12.8 Å². The van der Waals surface area contributed by atoms with Crippen molar-refractivity contribution in [2.24, 2.45) is 0 Å². The summed E-state index contributed by atoms with van der Waals surface area (Å²) in [5, 5.41) is 0. The molecule has 0 aromatic heterocycles. The van der Waals surface area contributed by atoms with Crippen molar-refractivity contribution in [3.63, 3.8) is 0 Å². The van der Waals surface area contributed by atoms with E-state index < -0.39 is 0 Å². The van der Waals surface area contributed by atoms with Crippen LogP contribution < -0.4 is 0 Å². The van der Waals surface area contributed by atoms with E-state index in [0.717, 1.165) is 18.4 Å². The normalized spacial score (nSPS) is 16.2. The lowest BCUT2D eigenvalue weighted by Gasteiger charge is -2.16. The molecule has 0 spiro atoms. The van der Waals surface area contributed by atoms with Crippen LogP contribution in [0.5, 0.6) is 0 Å². The molecule has 0 bridgehead atoms. The van der Waals surface area contributed by atoms with Crippen molar-refractivity contribution < 1.29 is 4.79 Å². The zero-order valence-electron chi connectivity index (χ0n) is 8.33. The van der Waals surface area contributed by atoms with Crippen LogP contribution in [0, 0.1) is 0 Å². The van der Waals surface area contributed by atoms with E-state index in [2.05, 4.69) is 6.26 Å². The number of hydrogen-bond acceptors (Lipinski definition) is 2. The van der Waals surface area contributed by atoms with E-state index in [1.807, 2.05) is 12.2 Å². The molecular weight excluding hydrogens is 182 g/mol. The molecule has 0 aromatic carbocycles. The van der Waals surface area contributed by atoms with Crippen LogP contribution in [0.4, 0.5) is 0 Å². The highest BCUT2D eigenvalue weighted by molar-refractivity contribution is 8.02. The molecule has 0 saturated carbocycles. The molecule has 0 aromatic rings. The van der Waals surface area contributed by atoms with Gasteiger partial charge in [0.25, 0.3) is 0 Å². The molecule has 0 fully saturated rings. The number of rotatable bonds is 2. The molecule has 1 rings (SSSR count). The number of amides is 1. The Morgan fingerprint density at radius 2 is 2.08 bits per heavy atom. The van der Waals surface area contributed by atoms with E-state index in [4.69, 9.17) is 0 Å². The van der Waals surface area contributed by atoms with E-state index >= 15 is 0 Å². The average molecular weight is 197 g/mol. The quantitative estimate of drug-likeness (QED) is 0.675. The van der Waals surface area contributed by atoms with Crippen LogP contribution in [0.15, 0.2) is 22.6 Å². The molecule has 0 N–H and O–H groups in total. The van der Waals surface area contributed by atoms with Gasteiger partial charge in [-0.25, -0.2) is 0 Å². The third kappa shape index (κ3) is 2.62. The number of thioether (sulfide) groups is 1. The van der Waals surface area contributed by atoms with Crippen molar-refractivity contribution in [3.8, 4) is 0 Å². The van der Waals surface area contributed by atoms with Crippen molar-refractivity contribution in [2.75, 3.05) is 20.4 Å². The van der Waals surface area contributed by atoms with Crippen molar-refractivity contribution in [1.29, 1.82) is 0 Å². The van der Waals surface area contributed by atoms with Crippen molar-refractivity contribution >= 4 is 17.7 Å². The standard InChI is InChI=1S/C10H15NOS/c1-11(2)10(12)8-4-6-9(13-3)7-5-8/h4,6H,5,7H2,1-3H3. The number of carbonyl (C=O) groups is 1. The van der Waals surface area contributed by atoms with E-state index in [9.17, 15) is 4.79 Å². The number of carbonyl (C=O) groups excluding carboxylic acids is 1. The zero-order valence-corrected chi connectivity index (χ0v) is 9.15. The fourth-order valence-electron chi connectivity index (χ4n) is 1.25. The van der Waals surface area contributed by atoms with Gasteiger partial charge in [0.2, 0.25) is 5.91 Å². The van der Waals surface area contributed by atoms with Crippen LogP contribution in [0.2, 0.25) is 0 Å². The summed E-state index contributed by atoms with van der Waals surface area (Å²) in [6, 6.07) is 0. The monoisotopic (exact) mass is 197 g/mol.